The van der Waals surface area contributed by atoms with Crippen LogP contribution in [0.5, 0.6) is 0 Å². The topological polar surface area (TPSA) is 112 Å². The molecule has 1 atom stereocenters. The summed E-state index contributed by atoms with van der Waals surface area (Å²) in [5, 5.41) is 5.21. The summed E-state index contributed by atoms with van der Waals surface area (Å²) in [4.78, 5) is 17.9. The van der Waals surface area contributed by atoms with Gasteiger partial charge in [-0.25, -0.2) is 27.9 Å². The van der Waals surface area contributed by atoms with E-state index in [1.807, 2.05) is 13.0 Å². The quantitative estimate of drug-likeness (QED) is 0.448. The number of halogens is 1. The number of hydrogen-bond acceptors (Lipinski definition) is 6. The van der Waals surface area contributed by atoms with Crippen LogP contribution in [0.4, 0.5) is 4.39 Å². The molecule has 0 fully saturated rings. The lowest BCUT2D eigenvalue weighted by atomic mass is 9.97. The van der Waals surface area contributed by atoms with Gasteiger partial charge in [0.25, 0.3) is 0 Å². The van der Waals surface area contributed by atoms with E-state index in [1.165, 1.54) is 24.3 Å². The van der Waals surface area contributed by atoms with Crippen LogP contribution >= 0.6 is 0 Å². The molecule has 4 aromatic rings. The number of hydrogen-bond donors (Lipinski definition) is 1. The van der Waals surface area contributed by atoms with Gasteiger partial charge in [-0.15, -0.1) is 0 Å². The first kappa shape index (κ1) is 22.6. The molecule has 0 aliphatic rings. The fraction of sp³-hybridized carbons (Fsp3) is 0.167. The predicted molar refractivity (Wildman–Crippen MR) is 122 cm³/mol. The molecule has 0 saturated carbocycles. The molecule has 0 saturated heterocycles. The van der Waals surface area contributed by atoms with Crippen molar-refractivity contribution in [1.82, 2.24) is 19.9 Å². The lowest BCUT2D eigenvalue weighted by Crippen LogP contribution is -2.11. The molecule has 4 rings (SSSR count). The molecule has 0 unspecified atom stereocenters. The van der Waals surface area contributed by atoms with E-state index in [4.69, 9.17) is 15.1 Å². The van der Waals surface area contributed by atoms with E-state index >= 15 is 0 Å². The summed E-state index contributed by atoms with van der Waals surface area (Å²) in [7, 11) is -3.78. The van der Waals surface area contributed by atoms with Crippen LogP contribution in [0.15, 0.2) is 78.1 Å². The van der Waals surface area contributed by atoms with Crippen molar-refractivity contribution in [3.8, 4) is 11.3 Å². The highest BCUT2D eigenvalue weighted by molar-refractivity contribution is 7.89. The standard InChI is InChI=1S/C24H22FN5O2S/c1-16(17-2-6-19(25)7-3-17)12-24-29-20(13-21-15-27-10-11-28-21)14-23(30-24)18-4-8-22(9-5-18)33(26,31)32/h2-11,14-16H,12-13H2,1H3,(H2,26,31,32)/t16-/m1/s1. The van der Waals surface area contributed by atoms with Crippen molar-refractivity contribution in [2.24, 2.45) is 5.14 Å². The normalized spacial score (nSPS) is 12.5. The molecule has 2 aromatic carbocycles. The molecule has 0 radical (unpaired) electrons. The molecule has 9 heteroatoms. The monoisotopic (exact) mass is 463 g/mol. The van der Waals surface area contributed by atoms with Gasteiger partial charge in [-0.05, 0) is 41.8 Å². The second kappa shape index (κ2) is 9.51. The van der Waals surface area contributed by atoms with Gasteiger partial charge in [-0.1, -0.05) is 31.2 Å². The van der Waals surface area contributed by atoms with Crippen LogP contribution in [-0.2, 0) is 22.9 Å². The largest absolute Gasteiger partial charge is 0.261 e. The molecule has 0 bridgehead atoms. The Kier molecular flexibility index (Phi) is 6.52. The third-order valence-electron chi connectivity index (χ3n) is 5.21. The Bertz CT molecular complexity index is 1350. The highest BCUT2D eigenvalue weighted by Crippen LogP contribution is 2.24. The molecule has 0 aliphatic carbocycles. The van der Waals surface area contributed by atoms with Crippen molar-refractivity contribution in [1.29, 1.82) is 0 Å². The van der Waals surface area contributed by atoms with Gasteiger partial charge in [-0.2, -0.15) is 0 Å². The highest BCUT2D eigenvalue weighted by Gasteiger charge is 2.14. The molecule has 2 aromatic heterocycles. The first-order chi connectivity index (χ1) is 15.8. The van der Waals surface area contributed by atoms with E-state index in [-0.39, 0.29) is 16.6 Å². The number of sulfonamides is 1. The Morgan fingerprint density at radius 2 is 1.70 bits per heavy atom. The zero-order valence-electron chi connectivity index (χ0n) is 17.9. The third-order valence-corrected chi connectivity index (χ3v) is 6.14. The van der Waals surface area contributed by atoms with Crippen LogP contribution in [0.2, 0.25) is 0 Å². The van der Waals surface area contributed by atoms with Crippen molar-refractivity contribution >= 4 is 10.0 Å². The smallest absolute Gasteiger partial charge is 0.238 e. The van der Waals surface area contributed by atoms with Crippen LogP contribution < -0.4 is 5.14 Å². The predicted octanol–water partition coefficient (Wildman–Crippen LogP) is 3.66. The van der Waals surface area contributed by atoms with Gasteiger partial charge in [0.1, 0.15) is 11.6 Å². The second-order valence-electron chi connectivity index (χ2n) is 7.76. The van der Waals surface area contributed by atoms with Crippen molar-refractivity contribution in [3.63, 3.8) is 0 Å². The number of aromatic nitrogens is 4. The molecular weight excluding hydrogens is 441 g/mol. The Labute approximate surface area is 191 Å². The first-order valence-electron chi connectivity index (χ1n) is 10.3. The number of benzene rings is 2. The van der Waals surface area contributed by atoms with Crippen molar-refractivity contribution in [3.05, 3.63) is 102 Å². The minimum absolute atomic E-state index is 0.0326. The lowest BCUT2D eigenvalue weighted by molar-refractivity contribution is 0.598. The van der Waals surface area contributed by atoms with Gasteiger partial charge >= 0.3 is 0 Å². The van der Waals surface area contributed by atoms with Gasteiger partial charge in [-0.3, -0.25) is 9.97 Å². The van der Waals surface area contributed by atoms with Crippen molar-refractivity contribution in [2.75, 3.05) is 0 Å². The lowest BCUT2D eigenvalue weighted by Gasteiger charge is -2.13. The molecule has 7 nitrogen and oxygen atoms in total. The summed E-state index contributed by atoms with van der Waals surface area (Å²) in [6, 6.07) is 14.5. The minimum atomic E-state index is -3.78. The fourth-order valence-electron chi connectivity index (χ4n) is 3.49. The second-order valence-corrected chi connectivity index (χ2v) is 9.32. The third kappa shape index (κ3) is 5.82. The van der Waals surface area contributed by atoms with Crippen LogP contribution in [0.1, 0.15) is 35.6 Å². The molecule has 33 heavy (non-hydrogen) atoms. The van der Waals surface area contributed by atoms with E-state index < -0.39 is 10.0 Å². The molecule has 0 aliphatic heterocycles. The summed E-state index contributed by atoms with van der Waals surface area (Å²) in [5.41, 5.74) is 3.91. The van der Waals surface area contributed by atoms with Gasteiger partial charge in [0, 0.05) is 37.0 Å². The fourth-order valence-corrected chi connectivity index (χ4v) is 4.00. The molecule has 168 valence electrons. The van der Waals surface area contributed by atoms with E-state index in [1.54, 1.807) is 42.9 Å². The Morgan fingerprint density at radius 1 is 0.970 bits per heavy atom. The number of nitrogens with zero attached hydrogens (tertiary/aromatic N) is 4. The summed E-state index contributed by atoms with van der Waals surface area (Å²) in [6.07, 6.45) is 5.93. The average Bonchev–Trinajstić information content (AvgIpc) is 2.79. The van der Waals surface area contributed by atoms with Crippen molar-refractivity contribution < 1.29 is 12.8 Å². The maximum atomic E-state index is 13.3. The summed E-state index contributed by atoms with van der Waals surface area (Å²) >= 11 is 0. The zero-order chi connectivity index (χ0) is 23.4. The van der Waals surface area contributed by atoms with Gasteiger partial charge in [0.05, 0.1) is 22.0 Å². The summed E-state index contributed by atoms with van der Waals surface area (Å²) < 4.78 is 36.5. The van der Waals surface area contributed by atoms with Crippen molar-refractivity contribution in [2.45, 2.75) is 30.6 Å². The highest BCUT2D eigenvalue weighted by atomic mass is 32.2. The Hall–Kier alpha value is -3.56. The van der Waals surface area contributed by atoms with Crippen LogP contribution in [-0.4, -0.2) is 28.4 Å². The average molecular weight is 464 g/mol. The van der Waals surface area contributed by atoms with Gasteiger partial charge in [0.15, 0.2) is 0 Å². The van der Waals surface area contributed by atoms with E-state index in [0.717, 1.165) is 22.5 Å². The van der Waals surface area contributed by atoms with Gasteiger partial charge in [0.2, 0.25) is 10.0 Å². The van der Waals surface area contributed by atoms with Gasteiger partial charge < -0.3 is 0 Å². The molecule has 0 spiro atoms. The summed E-state index contributed by atoms with van der Waals surface area (Å²) in [5.74, 6) is 0.409. The van der Waals surface area contributed by atoms with Crippen LogP contribution in [0.25, 0.3) is 11.3 Å². The maximum absolute atomic E-state index is 13.3. The SMILES string of the molecule is C[C@H](Cc1nc(Cc2cnccn2)cc(-c2ccc(S(N)(=O)=O)cc2)n1)c1ccc(F)cc1. The number of rotatable bonds is 7. The Balaban J connectivity index is 1.69. The molecule has 2 heterocycles. The number of nitrogens with two attached hydrogens (primary N) is 1. The van der Waals surface area contributed by atoms with E-state index in [9.17, 15) is 12.8 Å². The molecule has 0 amide bonds. The van der Waals surface area contributed by atoms with E-state index in [0.29, 0.717) is 24.4 Å². The number of primary sulfonamides is 1. The Morgan fingerprint density at radius 3 is 2.33 bits per heavy atom. The van der Waals surface area contributed by atoms with E-state index in [2.05, 4.69) is 9.97 Å². The molecule has 2 N–H and O–H groups in total. The molecular formula is C24H22FN5O2S. The zero-order valence-corrected chi connectivity index (χ0v) is 18.7. The minimum Gasteiger partial charge on any atom is -0.261 e. The maximum Gasteiger partial charge on any atom is 0.238 e. The van der Waals surface area contributed by atoms with Crippen LogP contribution in [0.3, 0.4) is 0 Å². The van der Waals surface area contributed by atoms with Crippen LogP contribution in [0, 0.1) is 5.82 Å². The summed E-state index contributed by atoms with van der Waals surface area (Å²) in [6.45, 7) is 2.03. The first-order valence-corrected chi connectivity index (χ1v) is 11.8.